The third-order valence-corrected chi connectivity index (χ3v) is 11.8. The maximum Gasteiger partial charge on any atom is 0.231 e. The predicted molar refractivity (Wildman–Crippen MR) is 250 cm³/mol. The van der Waals surface area contributed by atoms with Gasteiger partial charge in [-0.2, -0.15) is 4.98 Å². The second-order valence-corrected chi connectivity index (χ2v) is 15.6. The van der Waals surface area contributed by atoms with Crippen LogP contribution in [0.5, 0.6) is 0 Å². The Hall–Kier alpha value is -8.75. The van der Waals surface area contributed by atoms with Crippen molar-refractivity contribution < 1.29 is 13.3 Å². The van der Waals surface area contributed by atoms with Crippen molar-refractivity contribution in [1.82, 2.24) is 24.9 Å². The van der Waals surface area contributed by atoms with Crippen LogP contribution in [0.1, 0.15) is 0 Å². The molecule has 0 amide bonds. The lowest BCUT2D eigenvalue weighted by atomic mass is 9.99. The number of benzene rings is 8. The molecule has 0 unspecified atom stereocenters. The monoisotopic (exact) mass is 809 g/mol. The van der Waals surface area contributed by atoms with Gasteiger partial charge in [0.05, 0.1) is 11.1 Å². The highest BCUT2D eigenvalue weighted by Gasteiger charge is 2.21. The summed E-state index contributed by atoms with van der Waals surface area (Å²) in [4.78, 5) is 25.3. The minimum absolute atomic E-state index is 0.538. The van der Waals surface area contributed by atoms with Crippen molar-refractivity contribution in [2.45, 2.75) is 0 Å². The van der Waals surface area contributed by atoms with E-state index in [1.165, 1.54) is 0 Å². The minimum Gasteiger partial charge on any atom is -0.456 e. The van der Waals surface area contributed by atoms with Gasteiger partial charge in [0.15, 0.2) is 23.3 Å². The molecule has 63 heavy (non-hydrogen) atoms. The zero-order valence-corrected chi connectivity index (χ0v) is 33.4. The van der Waals surface area contributed by atoms with E-state index >= 15 is 0 Å². The zero-order valence-electron chi connectivity index (χ0n) is 33.4. The van der Waals surface area contributed by atoms with Crippen molar-refractivity contribution in [2.75, 3.05) is 0 Å². The fourth-order valence-corrected chi connectivity index (χ4v) is 8.77. The van der Waals surface area contributed by atoms with Crippen LogP contribution in [0.4, 0.5) is 0 Å². The molecule has 0 N–H and O–H groups in total. The van der Waals surface area contributed by atoms with Crippen LogP contribution in [0.2, 0.25) is 0 Å². The zero-order chi connectivity index (χ0) is 41.4. The SMILES string of the molecule is c1ccc(-c2nc(-c3ccc4c(c3)oc3ccccc34)nc(-c3cccc4oc5ccc(-c6ccc7c(c6)oc6nc(-c8ccccc8)nc(-c8ccccc8)c67)cc5c34)n2)cc1. The standard InChI is InChI=1S/C55H31N5O3/c1-4-13-32(14-5-1)50-49-40-27-23-36(30-47(40)63-55(49)60-51(56-50)33-15-6-2-7-16-33)35-25-28-44-42(29-35)48-41(20-12-22-45(48)61-44)54-58-52(34-17-8-3-9-18-34)57-53(59-54)37-24-26-39-38-19-10-11-21-43(38)62-46(39)31-37/h1-31H. The molecular weight excluding hydrogens is 779 g/mol. The lowest BCUT2D eigenvalue weighted by molar-refractivity contribution is 0.654. The highest BCUT2D eigenvalue weighted by atomic mass is 16.3. The minimum atomic E-state index is 0.538. The summed E-state index contributed by atoms with van der Waals surface area (Å²) in [7, 11) is 0. The molecule has 8 heteroatoms. The van der Waals surface area contributed by atoms with E-state index in [-0.39, 0.29) is 0 Å². The van der Waals surface area contributed by atoms with E-state index in [1.807, 2.05) is 127 Å². The summed E-state index contributed by atoms with van der Waals surface area (Å²) in [6.07, 6.45) is 0. The third-order valence-electron chi connectivity index (χ3n) is 11.8. The van der Waals surface area contributed by atoms with Gasteiger partial charge in [0.2, 0.25) is 5.71 Å². The highest BCUT2D eigenvalue weighted by Crippen LogP contribution is 2.41. The number of para-hydroxylation sites is 1. The molecule has 0 spiro atoms. The maximum absolute atomic E-state index is 6.59. The molecule has 0 aliphatic carbocycles. The largest absolute Gasteiger partial charge is 0.456 e. The Morgan fingerprint density at radius 2 is 0.810 bits per heavy atom. The Balaban J connectivity index is 0.960. The summed E-state index contributed by atoms with van der Waals surface area (Å²) in [6.45, 7) is 0. The molecule has 0 atom stereocenters. The summed E-state index contributed by atoms with van der Waals surface area (Å²) in [6, 6.07) is 63.1. The summed E-state index contributed by atoms with van der Waals surface area (Å²) < 4.78 is 19.4. The van der Waals surface area contributed by atoms with Gasteiger partial charge < -0.3 is 13.3 Å². The molecule has 8 aromatic carbocycles. The number of nitrogens with zero attached hydrogens (tertiary/aromatic N) is 5. The molecule has 8 nitrogen and oxygen atoms in total. The van der Waals surface area contributed by atoms with Crippen molar-refractivity contribution in [1.29, 1.82) is 0 Å². The molecular formula is C55H31N5O3. The van der Waals surface area contributed by atoms with Crippen LogP contribution in [-0.2, 0) is 0 Å². The van der Waals surface area contributed by atoms with Gasteiger partial charge in [0.1, 0.15) is 27.9 Å². The van der Waals surface area contributed by atoms with E-state index in [0.717, 1.165) is 105 Å². The number of fused-ring (bicyclic) bond motifs is 9. The molecule has 5 aromatic heterocycles. The van der Waals surface area contributed by atoms with E-state index in [4.69, 9.17) is 38.2 Å². The average Bonchev–Trinajstić information content (AvgIpc) is 4.05. The van der Waals surface area contributed by atoms with Crippen LogP contribution in [0, 0.1) is 0 Å². The van der Waals surface area contributed by atoms with Crippen LogP contribution < -0.4 is 0 Å². The summed E-state index contributed by atoms with van der Waals surface area (Å²) >= 11 is 0. The number of furan rings is 3. The molecule has 0 fully saturated rings. The Bertz CT molecular complexity index is 3910. The lowest BCUT2D eigenvalue weighted by Crippen LogP contribution is -2.00. The first-order chi connectivity index (χ1) is 31.2. The van der Waals surface area contributed by atoms with E-state index in [2.05, 4.69) is 60.7 Å². The van der Waals surface area contributed by atoms with E-state index in [0.29, 0.717) is 29.0 Å². The van der Waals surface area contributed by atoms with Gasteiger partial charge in [-0.05, 0) is 59.7 Å². The number of hydrogen-bond acceptors (Lipinski definition) is 8. The van der Waals surface area contributed by atoms with E-state index < -0.39 is 0 Å². The Kier molecular flexibility index (Phi) is 7.74. The van der Waals surface area contributed by atoms with Crippen LogP contribution in [-0.4, -0.2) is 24.9 Å². The van der Waals surface area contributed by atoms with Gasteiger partial charge >= 0.3 is 0 Å². The Labute approximate surface area is 358 Å². The van der Waals surface area contributed by atoms with Crippen molar-refractivity contribution in [2.24, 2.45) is 0 Å². The summed E-state index contributed by atoms with van der Waals surface area (Å²) in [5.41, 5.74) is 11.7. The molecule has 13 rings (SSSR count). The molecule has 0 aliphatic heterocycles. The second-order valence-electron chi connectivity index (χ2n) is 15.6. The Morgan fingerprint density at radius 1 is 0.270 bits per heavy atom. The topological polar surface area (TPSA) is 104 Å². The van der Waals surface area contributed by atoms with Crippen LogP contribution >= 0.6 is 0 Å². The molecule has 0 aliphatic rings. The number of aromatic nitrogens is 5. The quantitative estimate of drug-likeness (QED) is 0.164. The predicted octanol–water partition coefficient (Wildman–Crippen LogP) is 14.4. The van der Waals surface area contributed by atoms with Crippen molar-refractivity contribution in [3.63, 3.8) is 0 Å². The first kappa shape index (κ1) is 35.0. The normalized spacial score (nSPS) is 11.8. The van der Waals surface area contributed by atoms with Crippen molar-refractivity contribution in [3.8, 4) is 67.9 Å². The Morgan fingerprint density at radius 3 is 1.60 bits per heavy atom. The van der Waals surface area contributed by atoms with Gasteiger partial charge in [0.25, 0.3) is 0 Å². The van der Waals surface area contributed by atoms with Gasteiger partial charge in [-0.25, -0.2) is 19.9 Å². The molecule has 0 bridgehead atoms. The highest BCUT2D eigenvalue weighted by molar-refractivity contribution is 6.14. The molecule has 13 aromatic rings. The van der Waals surface area contributed by atoms with Crippen LogP contribution in [0.3, 0.4) is 0 Å². The number of rotatable bonds is 6. The first-order valence-corrected chi connectivity index (χ1v) is 20.7. The first-order valence-electron chi connectivity index (χ1n) is 20.7. The molecule has 0 radical (unpaired) electrons. The fraction of sp³-hybridized carbons (Fsp3) is 0. The van der Waals surface area contributed by atoms with Gasteiger partial charge in [-0.1, -0.05) is 140 Å². The molecule has 0 saturated heterocycles. The second kappa shape index (κ2) is 13.9. The van der Waals surface area contributed by atoms with E-state index in [9.17, 15) is 0 Å². The van der Waals surface area contributed by atoms with Gasteiger partial charge in [-0.3, -0.25) is 0 Å². The summed E-state index contributed by atoms with van der Waals surface area (Å²) in [5.74, 6) is 2.27. The van der Waals surface area contributed by atoms with Gasteiger partial charge in [-0.15, -0.1) is 0 Å². The van der Waals surface area contributed by atoms with Crippen LogP contribution in [0.15, 0.2) is 201 Å². The molecule has 294 valence electrons. The third kappa shape index (κ3) is 5.80. The average molecular weight is 810 g/mol. The van der Waals surface area contributed by atoms with Crippen molar-refractivity contribution >= 4 is 65.9 Å². The maximum atomic E-state index is 6.59. The van der Waals surface area contributed by atoms with Crippen LogP contribution in [0.25, 0.3) is 134 Å². The van der Waals surface area contributed by atoms with Gasteiger partial charge in [0, 0.05) is 54.7 Å². The molecule has 5 heterocycles. The fourth-order valence-electron chi connectivity index (χ4n) is 8.77. The number of hydrogen-bond donors (Lipinski definition) is 0. The van der Waals surface area contributed by atoms with Crippen molar-refractivity contribution in [3.05, 3.63) is 188 Å². The molecule has 0 saturated carbocycles. The smallest absolute Gasteiger partial charge is 0.231 e. The summed E-state index contributed by atoms with van der Waals surface area (Å²) in [5, 5.41) is 5.80. The lowest BCUT2D eigenvalue weighted by Gasteiger charge is -2.09. The van der Waals surface area contributed by atoms with E-state index in [1.54, 1.807) is 0 Å².